The third kappa shape index (κ3) is 3.71. The Balaban J connectivity index is 1.71. The molecule has 0 aliphatic heterocycles. The van der Waals surface area contributed by atoms with Crippen molar-refractivity contribution in [2.75, 3.05) is 0 Å². The van der Waals surface area contributed by atoms with E-state index in [1.54, 1.807) is 30.3 Å². The fourth-order valence-electron chi connectivity index (χ4n) is 2.95. The molecular formula is C21H13Cl4NO2. The summed E-state index contributed by atoms with van der Waals surface area (Å²) < 4.78 is 11.6. The first kappa shape index (κ1) is 19.5. The molecule has 0 atom stereocenters. The molecule has 0 unspecified atom stereocenters. The van der Waals surface area contributed by atoms with Gasteiger partial charge in [0.2, 0.25) is 0 Å². The highest BCUT2D eigenvalue weighted by Gasteiger charge is 2.33. The van der Waals surface area contributed by atoms with Gasteiger partial charge in [-0.25, -0.2) is 0 Å². The van der Waals surface area contributed by atoms with E-state index in [1.807, 2.05) is 0 Å². The molecule has 1 aromatic heterocycles. The predicted octanol–water partition coefficient (Wildman–Crippen LogP) is 7.39. The van der Waals surface area contributed by atoms with Gasteiger partial charge >= 0.3 is 0 Å². The van der Waals surface area contributed by atoms with Gasteiger partial charge in [-0.3, -0.25) is 0 Å². The van der Waals surface area contributed by atoms with Gasteiger partial charge in [0.25, 0.3) is 0 Å². The molecule has 4 rings (SSSR count). The van der Waals surface area contributed by atoms with E-state index in [2.05, 4.69) is 11.1 Å². The van der Waals surface area contributed by atoms with E-state index >= 15 is 0 Å². The topological polar surface area (TPSA) is 35.3 Å². The summed E-state index contributed by atoms with van der Waals surface area (Å²) in [7, 11) is 0. The minimum Gasteiger partial charge on any atom is -0.487 e. The standard InChI is InChI=1S/C21H13Cl4NO2/c1-2-11-8-17(25)18(9-16(11)24)27-10-13-20(26-28-21(13)12-6-7-12)19-14(22)4-3-5-15(19)23/h1,3-5,8-9,12H,6-7,10H2. The molecule has 0 bridgehead atoms. The molecule has 0 spiro atoms. The lowest BCUT2D eigenvalue weighted by atomic mass is 10.0. The van der Waals surface area contributed by atoms with Crippen LogP contribution in [0.15, 0.2) is 34.9 Å². The fourth-order valence-corrected chi connectivity index (χ4v) is 3.95. The van der Waals surface area contributed by atoms with E-state index in [-0.39, 0.29) is 6.61 Å². The maximum absolute atomic E-state index is 6.37. The second kappa shape index (κ2) is 7.89. The molecule has 142 valence electrons. The first-order valence-electron chi connectivity index (χ1n) is 8.51. The van der Waals surface area contributed by atoms with Crippen molar-refractivity contribution in [1.29, 1.82) is 0 Å². The minimum atomic E-state index is 0.178. The van der Waals surface area contributed by atoms with Gasteiger partial charge in [0.15, 0.2) is 0 Å². The van der Waals surface area contributed by atoms with Gasteiger partial charge in [0, 0.05) is 23.1 Å². The zero-order chi connectivity index (χ0) is 19.8. The maximum Gasteiger partial charge on any atom is 0.147 e. The van der Waals surface area contributed by atoms with Crippen LogP contribution in [0, 0.1) is 12.3 Å². The zero-order valence-corrected chi connectivity index (χ0v) is 17.5. The van der Waals surface area contributed by atoms with E-state index in [4.69, 9.17) is 62.1 Å². The SMILES string of the molecule is C#Cc1cc(Cl)c(OCc2c(-c3c(Cl)cccc3Cl)noc2C2CC2)cc1Cl. The molecule has 1 aliphatic carbocycles. The first-order valence-corrected chi connectivity index (χ1v) is 10.0. The quantitative estimate of drug-likeness (QED) is 0.378. The lowest BCUT2D eigenvalue weighted by Gasteiger charge is -2.11. The Labute approximate surface area is 182 Å². The summed E-state index contributed by atoms with van der Waals surface area (Å²) in [4.78, 5) is 0. The average Bonchev–Trinajstić information content (AvgIpc) is 3.43. The second-order valence-electron chi connectivity index (χ2n) is 6.44. The number of benzene rings is 2. The molecule has 3 nitrogen and oxygen atoms in total. The largest absolute Gasteiger partial charge is 0.487 e. The normalized spacial score (nSPS) is 13.4. The number of terminal acetylenes is 1. The summed E-state index contributed by atoms with van der Waals surface area (Å²) in [5.74, 6) is 4.01. The summed E-state index contributed by atoms with van der Waals surface area (Å²) in [6, 6.07) is 8.50. The van der Waals surface area contributed by atoms with Crippen LogP contribution in [-0.2, 0) is 6.61 Å². The van der Waals surface area contributed by atoms with Crippen LogP contribution in [0.1, 0.15) is 35.6 Å². The number of nitrogens with zero attached hydrogens (tertiary/aromatic N) is 1. The van der Waals surface area contributed by atoms with Gasteiger partial charge in [0.1, 0.15) is 23.8 Å². The minimum absolute atomic E-state index is 0.178. The average molecular weight is 453 g/mol. The van der Waals surface area contributed by atoms with Crippen LogP contribution in [0.4, 0.5) is 0 Å². The smallest absolute Gasteiger partial charge is 0.147 e. The highest BCUT2D eigenvalue weighted by molar-refractivity contribution is 6.39. The number of ether oxygens (including phenoxy) is 1. The number of hydrogen-bond donors (Lipinski definition) is 0. The molecule has 28 heavy (non-hydrogen) atoms. The maximum atomic E-state index is 6.37. The summed E-state index contributed by atoms with van der Waals surface area (Å²) >= 11 is 25.2. The van der Waals surface area contributed by atoms with Gasteiger partial charge in [-0.05, 0) is 31.0 Å². The molecule has 7 heteroatoms. The molecule has 1 saturated carbocycles. The van der Waals surface area contributed by atoms with E-state index in [1.165, 1.54) is 0 Å². The Bertz CT molecular complexity index is 1080. The second-order valence-corrected chi connectivity index (χ2v) is 8.07. The van der Waals surface area contributed by atoms with E-state index < -0.39 is 0 Å². The third-order valence-electron chi connectivity index (χ3n) is 4.52. The Kier molecular flexibility index (Phi) is 5.49. The van der Waals surface area contributed by atoms with E-state index in [9.17, 15) is 0 Å². The van der Waals surface area contributed by atoms with Gasteiger partial charge < -0.3 is 9.26 Å². The van der Waals surface area contributed by atoms with Crippen molar-refractivity contribution < 1.29 is 9.26 Å². The molecule has 0 radical (unpaired) electrons. The number of rotatable bonds is 5. The zero-order valence-electron chi connectivity index (χ0n) is 14.4. The predicted molar refractivity (Wildman–Crippen MR) is 113 cm³/mol. The Morgan fingerprint density at radius 3 is 2.43 bits per heavy atom. The van der Waals surface area contributed by atoms with Gasteiger partial charge in [-0.2, -0.15) is 0 Å². The molecule has 1 aliphatic rings. The van der Waals surface area contributed by atoms with Crippen molar-refractivity contribution in [1.82, 2.24) is 5.16 Å². The van der Waals surface area contributed by atoms with Crippen LogP contribution >= 0.6 is 46.4 Å². The Morgan fingerprint density at radius 2 is 1.79 bits per heavy atom. The van der Waals surface area contributed by atoms with Crippen LogP contribution in [0.3, 0.4) is 0 Å². The summed E-state index contributed by atoms with van der Waals surface area (Å²) in [5.41, 5.74) is 2.49. The van der Waals surface area contributed by atoms with Gasteiger partial charge in [-0.1, -0.05) is 63.5 Å². The first-order chi connectivity index (χ1) is 13.5. The molecule has 0 amide bonds. The highest BCUT2D eigenvalue weighted by Crippen LogP contribution is 2.46. The Morgan fingerprint density at radius 1 is 1.07 bits per heavy atom. The van der Waals surface area contributed by atoms with E-state index in [0.29, 0.717) is 48.6 Å². The number of aromatic nitrogens is 1. The van der Waals surface area contributed by atoms with Crippen molar-refractivity contribution in [3.63, 3.8) is 0 Å². The lowest BCUT2D eigenvalue weighted by molar-refractivity contribution is 0.300. The monoisotopic (exact) mass is 451 g/mol. The summed E-state index contributed by atoms with van der Waals surface area (Å²) in [5, 5.41) is 5.99. The van der Waals surface area contributed by atoms with Crippen LogP contribution in [0.25, 0.3) is 11.3 Å². The van der Waals surface area contributed by atoms with Crippen molar-refractivity contribution in [2.24, 2.45) is 0 Å². The van der Waals surface area contributed by atoms with Crippen molar-refractivity contribution >= 4 is 46.4 Å². The molecule has 0 N–H and O–H groups in total. The number of halogens is 4. The molecule has 0 saturated heterocycles. The fraction of sp³-hybridized carbons (Fsp3) is 0.190. The number of hydrogen-bond acceptors (Lipinski definition) is 3. The van der Waals surface area contributed by atoms with Crippen molar-refractivity contribution in [2.45, 2.75) is 25.4 Å². The summed E-state index contributed by atoms with van der Waals surface area (Å²) in [6.45, 7) is 0.178. The van der Waals surface area contributed by atoms with Crippen molar-refractivity contribution in [3.8, 4) is 29.4 Å². The molecular weight excluding hydrogens is 440 g/mol. The molecule has 1 heterocycles. The van der Waals surface area contributed by atoms with Crippen molar-refractivity contribution in [3.05, 3.63) is 67.3 Å². The van der Waals surface area contributed by atoms with Gasteiger partial charge in [-0.15, -0.1) is 6.42 Å². The lowest BCUT2D eigenvalue weighted by Crippen LogP contribution is -2.00. The summed E-state index contributed by atoms with van der Waals surface area (Å²) in [6.07, 6.45) is 7.50. The molecule has 1 fully saturated rings. The van der Waals surface area contributed by atoms with Crippen LogP contribution in [0.5, 0.6) is 5.75 Å². The third-order valence-corrected chi connectivity index (χ3v) is 5.75. The van der Waals surface area contributed by atoms with E-state index in [0.717, 1.165) is 24.2 Å². The molecule has 2 aromatic carbocycles. The molecule has 3 aromatic rings. The van der Waals surface area contributed by atoms with Gasteiger partial charge in [0.05, 0.1) is 25.7 Å². The Hall–Kier alpha value is -1.83. The van der Waals surface area contributed by atoms with Crippen LogP contribution < -0.4 is 4.74 Å². The van der Waals surface area contributed by atoms with Crippen LogP contribution in [0.2, 0.25) is 20.1 Å². The highest BCUT2D eigenvalue weighted by atomic mass is 35.5. The van der Waals surface area contributed by atoms with Crippen LogP contribution in [-0.4, -0.2) is 5.16 Å².